The Labute approximate surface area is 65.8 Å². The summed E-state index contributed by atoms with van der Waals surface area (Å²) in [5.74, 6) is 0. The minimum atomic E-state index is -1.10. The van der Waals surface area contributed by atoms with E-state index in [0.717, 1.165) is 13.1 Å². The van der Waals surface area contributed by atoms with Gasteiger partial charge in [0.05, 0.1) is 19.8 Å². The van der Waals surface area contributed by atoms with Gasteiger partial charge in [0.15, 0.2) is 0 Å². The predicted molar refractivity (Wildman–Crippen MR) is 39.2 cm³/mol. The Morgan fingerprint density at radius 2 is 2.09 bits per heavy atom. The van der Waals surface area contributed by atoms with E-state index in [-0.39, 0.29) is 6.61 Å². The summed E-state index contributed by atoms with van der Waals surface area (Å²) in [4.78, 5) is 1.96. The first kappa shape index (κ1) is 8.90. The molecule has 1 atom stereocenters. The van der Waals surface area contributed by atoms with E-state index in [1.807, 2.05) is 4.90 Å². The number of morpholine rings is 1. The number of nitrogens with zero attached hydrogens (tertiary/aromatic N) is 1. The van der Waals surface area contributed by atoms with E-state index in [9.17, 15) is 4.39 Å². The third-order valence-electron chi connectivity index (χ3n) is 1.76. The molecule has 3 nitrogen and oxygen atoms in total. The number of halogens is 1. The average Bonchev–Trinajstić information content (AvgIpc) is 2.06. The zero-order chi connectivity index (χ0) is 8.10. The third kappa shape index (κ3) is 3.14. The highest BCUT2D eigenvalue weighted by Crippen LogP contribution is 2.00. The Balaban J connectivity index is 2.13. The monoisotopic (exact) mass is 163 g/mol. The van der Waals surface area contributed by atoms with E-state index in [1.54, 1.807) is 0 Å². The molecule has 1 heterocycles. The SMILES string of the molecule is OC[C@@H](F)CN1CCOCC1. The van der Waals surface area contributed by atoms with Gasteiger partial charge in [0.25, 0.3) is 0 Å². The summed E-state index contributed by atoms with van der Waals surface area (Å²) >= 11 is 0. The van der Waals surface area contributed by atoms with E-state index in [1.165, 1.54) is 0 Å². The van der Waals surface area contributed by atoms with Crippen molar-refractivity contribution in [1.82, 2.24) is 4.90 Å². The van der Waals surface area contributed by atoms with E-state index in [0.29, 0.717) is 19.8 Å². The van der Waals surface area contributed by atoms with Crippen LogP contribution in [0, 0.1) is 0 Å². The Kier molecular flexibility index (Phi) is 3.76. The molecule has 4 heteroatoms. The first-order chi connectivity index (χ1) is 5.33. The molecule has 0 radical (unpaired) electrons. The number of hydrogen-bond donors (Lipinski definition) is 1. The molecule has 0 aliphatic carbocycles. The molecule has 0 aromatic rings. The highest BCUT2D eigenvalue weighted by atomic mass is 19.1. The number of aliphatic hydroxyl groups excluding tert-OH is 1. The van der Waals surface area contributed by atoms with Gasteiger partial charge in [-0.25, -0.2) is 4.39 Å². The van der Waals surface area contributed by atoms with E-state index >= 15 is 0 Å². The van der Waals surface area contributed by atoms with Crippen LogP contribution >= 0.6 is 0 Å². The van der Waals surface area contributed by atoms with Gasteiger partial charge in [-0.3, -0.25) is 4.90 Å². The summed E-state index contributed by atoms with van der Waals surface area (Å²) in [5.41, 5.74) is 0. The lowest BCUT2D eigenvalue weighted by Crippen LogP contribution is -2.40. The lowest BCUT2D eigenvalue weighted by Gasteiger charge is -2.27. The smallest absolute Gasteiger partial charge is 0.136 e. The van der Waals surface area contributed by atoms with Crippen LogP contribution in [0.4, 0.5) is 4.39 Å². The van der Waals surface area contributed by atoms with E-state index < -0.39 is 6.17 Å². The van der Waals surface area contributed by atoms with Gasteiger partial charge < -0.3 is 9.84 Å². The first-order valence-corrected chi connectivity index (χ1v) is 3.88. The van der Waals surface area contributed by atoms with Crippen LogP contribution < -0.4 is 0 Å². The molecule has 1 saturated heterocycles. The normalized spacial score (nSPS) is 23.5. The lowest BCUT2D eigenvalue weighted by molar-refractivity contribution is 0.0204. The average molecular weight is 163 g/mol. The zero-order valence-electron chi connectivity index (χ0n) is 6.50. The van der Waals surface area contributed by atoms with Crippen molar-refractivity contribution in [2.75, 3.05) is 39.5 Å². The summed E-state index contributed by atoms with van der Waals surface area (Å²) in [7, 11) is 0. The Hall–Kier alpha value is -0.190. The summed E-state index contributed by atoms with van der Waals surface area (Å²) in [5, 5.41) is 8.43. The van der Waals surface area contributed by atoms with Crippen LogP contribution in [0.3, 0.4) is 0 Å². The maximum Gasteiger partial charge on any atom is 0.136 e. The molecular weight excluding hydrogens is 149 g/mol. The van der Waals surface area contributed by atoms with Crippen LogP contribution in [-0.4, -0.2) is 55.6 Å². The number of hydrogen-bond acceptors (Lipinski definition) is 3. The fraction of sp³-hybridized carbons (Fsp3) is 1.00. The highest BCUT2D eigenvalue weighted by Gasteiger charge is 2.14. The van der Waals surface area contributed by atoms with Gasteiger partial charge in [-0.2, -0.15) is 0 Å². The minimum Gasteiger partial charge on any atom is -0.393 e. The van der Waals surface area contributed by atoms with Crippen LogP contribution in [0.25, 0.3) is 0 Å². The zero-order valence-corrected chi connectivity index (χ0v) is 6.50. The van der Waals surface area contributed by atoms with Gasteiger partial charge in [0.2, 0.25) is 0 Å². The molecule has 0 bridgehead atoms. The van der Waals surface area contributed by atoms with Crippen molar-refractivity contribution in [3.63, 3.8) is 0 Å². The second kappa shape index (κ2) is 4.64. The molecule has 1 N–H and O–H groups in total. The molecule has 66 valence electrons. The number of rotatable bonds is 3. The number of alkyl halides is 1. The van der Waals surface area contributed by atoms with Crippen molar-refractivity contribution in [2.24, 2.45) is 0 Å². The number of aliphatic hydroxyl groups is 1. The Morgan fingerprint density at radius 3 is 2.64 bits per heavy atom. The number of ether oxygens (including phenoxy) is 1. The standard InChI is InChI=1S/C7H14FNO2/c8-7(6-10)5-9-1-3-11-4-2-9/h7,10H,1-6H2/t7-/m0/s1. The van der Waals surface area contributed by atoms with Crippen LogP contribution in [0.1, 0.15) is 0 Å². The molecule has 0 amide bonds. The molecule has 1 aliphatic rings. The van der Waals surface area contributed by atoms with Crippen molar-refractivity contribution >= 4 is 0 Å². The van der Waals surface area contributed by atoms with Gasteiger partial charge in [-0.15, -0.1) is 0 Å². The third-order valence-corrected chi connectivity index (χ3v) is 1.76. The molecular formula is C7H14FNO2. The van der Waals surface area contributed by atoms with Gasteiger partial charge in [0.1, 0.15) is 6.17 Å². The maximum atomic E-state index is 12.6. The molecule has 0 aromatic heterocycles. The maximum absolute atomic E-state index is 12.6. The summed E-state index contributed by atoms with van der Waals surface area (Å²) in [6, 6.07) is 0. The lowest BCUT2D eigenvalue weighted by atomic mass is 10.3. The minimum absolute atomic E-state index is 0.333. The second-order valence-corrected chi connectivity index (χ2v) is 2.69. The predicted octanol–water partition coefficient (Wildman–Crippen LogP) is -0.351. The van der Waals surface area contributed by atoms with Crippen LogP contribution in [-0.2, 0) is 4.74 Å². The topological polar surface area (TPSA) is 32.7 Å². The van der Waals surface area contributed by atoms with Gasteiger partial charge in [0, 0.05) is 19.6 Å². The second-order valence-electron chi connectivity index (χ2n) is 2.69. The largest absolute Gasteiger partial charge is 0.393 e. The summed E-state index contributed by atoms with van der Waals surface area (Å²) in [6.45, 7) is 2.87. The molecule has 1 aliphatic heterocycles. The molecule has 1 fully saturated rings. The van der Waals surface area contributed by atoms with Crippen molar-refractivity contribution in [2.45, 2.75) is 6.17 Å². The van der Waals surface area contributed by atoms with Crippen LogP contribution in [0.15, 0.2) is 0 Å². The van der Waals surface area contributed by atoms with Gasteiger partial charge in [-0.1, -0.05) is 0 Å². The van der Waals surface area contributed by atoms with E-state index in [2.05, 4.69) is 0 Å². The van der Waals surface area contributed by atoms with Crippen molar-refractivity contribution in [3.8, 4) is 0 Å². The van der Waals surface area contributed by atoms with Crippen LogP contribution in [0.2, 0.25) is 0 Å². The molecule has 11 heavy (non-hydrogen) atoms. The van der Waals surface area contributed by atoms with E-state index in [4.69, 9.17) is 9.84 Å². The molecule has 0 saturated carbocycles. The summed E-state index contributed by atoms with van der Waals surface area (Å²) in [6.07, 6.45) is -1.10. The highest BCUT2D eigenvalue weighted by molar-refractivity contribution is 4.66. The Morgan fingerprint density at radius 1 is 1.45 bits per heavy atom. The molecule has 0 unspecified atom stereocenters. The van der Waals surface area contributed by atoms with Crippen molar-refractivity contribution in [3.05, 3.63) is 0 Å². The molecule has 1 rings (SSSR count). The Bertz CT molecular complexity index is 107. The van der Waals surface area contributed by atoms with Crippen LogP contribution in [0.5, 0.6) is 0 Å². The molecule has 0 spiro atoms. The fourth-order valence-electron chi connectivity index (χ4n) is 1.12. The first-order valence-electron chi connectivity index (χ1n) is 3.88. The quantitative estimate of drug-likeness (QED) is 0.617. The van der Waals surface area contributed by atoms with Gasteiger partial charge >= 0.3 is 0 Å². The van der Waals surface area contributed by atoms with Crippen molar-refractivity contribution in [1.29, 1.82) is 0 Å². The van der Waals surface area contributed by atoms with Crippen molar-refractivity contribution < 1.29 is 14.2 Å². The van der Waals surface area contributed by atoms with Gasteiger partial charge in [-0.05, 0) is 0 Å². The molecule has 0 aromatic carbocycles. The fourth-order valence-corrected chi connectivity index (χ4v) is 1.12. The summed E-state index contributed by atoms with van der Waals surface area (Å²) < 4.78 is 17.7.